The minimum atomic E-state index is -0.859. The predicted octanol–water partition coefficient (Wildman–Crippen LogP) is 0.700. The molecule has 1 heterocycles. The lowest BCUT2D eigenvalue weighted by atomic mass is 9.79. The van der Waals surface area contributed by atoms with Crippen LogP contribution in [0.5, 0.6) is 0 Å². The molecule has 7 heteroatoms. The minimum Gasteiger partial charge on any atom is -0.481 e. The summed E-state index contributed by atoms with van der Waals surface area (Å²) in [6.45, 7) is 4.32. The maximum absolute atomic E-state index is 11.4. The van der Waals surface area contributed by atoms with Crippen molar-refractivity contribution < 1.29 is 24.1 Å². The SMILES string of the molecule is CC(C)COC(=O)N[C@@H]1BO[C@H](CC(=O)O)CC1. The molecule has 0 spiro atoms. The smallest absolute Gasteiger partial charge is 0.406 e. The molecule has 1 aliphatic heterocycles. The molecule has 0 aromatic rings. The number of carbonyl (C=O) groups is 2. The fraction of sp³-hybridized carbons (Fsp3) is 0.818. The molecule has 0 unspecified atom stereocenters. The molecular weight excluding hydrogens is 237 g/mol. The topological polar surface area (TPSA) is 84.9 Å². The van der Waals surface area contributed by atoms with E-state index in [0.717, 1.165) is 0 Å². The van der Waals surface area contributed by atoms with Crippen LogP contribution in [0.4, 0.5) is 4.79 Å². The normalized spacial score (nSPS) is 23.3. The summed E-state index contributed by atoms with van der Waals surface area (Å²) in [5, 5.41) is 11.3. The van der Waals surface area contributed by atoms with Crippen molar-refractivity contribution in [3.05, 3.63) is 0 Å². The minimum absolute atomic E-state index is 0.0184. The molecule has 2 N–H and O–H groups in total. The molecular formula is C11H20BNO5. The largest absolute Gasteiger partial charge is 0.481 e. The Bertz CT molecular complexity index is 289. The van der Waals surface area contributed by atoms with Crippen LogP contribution in [0.25, 0.3) is 0 Å². The number of aliphatic carboxylic acids is 1. The van der Waals surface area contributed by atoms with Gasteiger partial charge in [-0.25, -0.2) is 4.79 Å². The molecule has 1 aliphatic rings. The lowest BCUT2D eigenvalue weighted by Crippen LogP contribution is -2.45. The molecule has 1 fully saturated rings. The Labute approximate surface area is 107 Å². The maximum atomic E-state index is 11.4. The van der Waals surface area contributed by atoms with Gasteiger partial charge in [0.25, 0.3) is 7.48 Å². The van der Waals surface area contributed by atoms with Gasteiger partial charge in [-0.1, -0.05) is 13.8 Å². The monoisotopic (exact) mass is 257 g/mol. The first-order chi connectivity index (χ1) is 8.47. The lowest BCUT2D eigenvalue weighted by molar-refractivity contribution is -0.139. The summed E-state index contributed by atoms with van der Waals surface area (Å²) < 4.78 is 10.4. The van der Waals surface area contributed by atoms with Crippen molar-refractivity contribution in [2.75, 3.05) is 6.61 Å². The van der Waals surface area contributed by atoms with Crippen LogP contribution >= 0.6 is 0 Å². The maximum Gasteiger partial charge on any atom is 0.406 e. The molecule has 6 nitrogen and oxygen atoms in total. The summed E-state index contributed by atoms with van der Waals surface area (Å²) in [6, 6.07) is 0. The highest BCUT2D eigenvalue weighted by atomic mass is 16.5. The van der Waals surface area contributed by atoms with Gasteiger partial charge in [0, 0.05) is 5.94 Å². The average molecular weight is 257 g/mol. The molecule has 18 heavy (non-hydrogen) atoms. The second-order valence-corrected chi connectivity index (χ2v) is 4.96. The predicted molar refractivity (Wildman–Crippen MR) is 66.6 cm³/mol. The number of carbonyl (C=O) groups excluding carboxylic acids is 1. The Balaban J connectivity index is 2.18. The van der Waals surface area contributed by atoms with Crippen LogP contribution in [-0.4, -0.2) is 43.3 Å². The summed E-state index contributed by atoms with van der Waals surface area (Å²) in [7, 11) is 0.342. The highest BCUT2D eigenvalue weighted by Crippen LogP contribution is 2.15. The Morgan fingerprint density at radius 1 is 1.50 bits per heavy atom. The Kier molecular flexibility index (Phi) is 5.98. The molecule has 0 aromatic carbocycles. The Morgan fingerprint density at radius 3 is 2.72 bits per heavy atom. The van der Waals surface area contributed by atoms with Crippen molar-refractivity contribution in [2.45, 2.75) is 45.2 Å². The number of ether oxygens (including phenoxy) is 1. The van der Waals surface area contributed by atoms with Gasteiger partial charge >= 0.3 is 12.1 Å². The van der Waals surface area contributed by atoms with E-state index in [4.69, 9.17) is 14.5 Å². The zero-order chi connectivity index (χ0) is 13.5. The Hall–Kier alpha value is -1.24. The quantitative estimate of drug-likeness (QED) is 0.708. The molecule has 1 amide bonds. The van der Waals surface area contributed by atoms with Gasteiger partial charge in [0.2, 0.25) is 0 Å². The highest BCUT2D eigenvalue weighted by molar-refractivity contribution is 6.30. The average Bonchev–Trinajstić information content (AvgIpc) is 2.28. The van der Waals surface area contributed by atoms with Gasteiger partial charge in [-0.05, 0) is 18.8 Å². The molecule has 102 valence electrons. The number of carboxylic acids is 1. The van der Waals surface area contributed by atoms with E-state index in [1.807, 2.05) is 13.8 Å². The molecule has 1 saturated heterocycles. The van der Waals surface area contributed by atoms with Crippen LogP contribution in [0.15, 0.2) is 0 Å². The van der Waals surface area contributed by atoms with E-state index in [0.29, 0.717) is 32.8 Å². The molecule has 1 rings (SSSR count). The second-order valence-electron chi connectivity index (χ2n) is 4.96. The van der Waals surface area contributed by atoms with Crippen molar-refractivity contribution >= 4 is 19.5 Å². The zero-order valence-corrected chi connectivity index (χ0v) is 10.8. The van der Waals surface area contributed by atoms with Gasteiger partial charge in [0.1, 0.15) is 0 Å². The third-order valence-electron chi connectivity index (χ3n) is 2.64. The van der Waals surface area contributed by atoms with Crippen LogP contribution in [-0.2, 0) is 14.2 Å². The van der Waals surface area contributed by atoms with Gasteiger partial charge < -0.3 is 19.8 Å². The van der Waals surface area contributed by atoms with Crippen molar-refractivity contribution in [1.82, 2.24) is 5.32 Å². The van der Waals surface area contributed by atoms with E-state index in [-0.39, 0.29) is 18.5 Å². The summed E-state index contributed by atoms with van der Waals surface area (Å²) in [4.78, 5) is 21.9. The fourth-order valence-corrected chi connectivity index (χ4v) is 1.73. The van der Waals surface area contributed by atoms with Crippen LogP contribution in [0.1, 0.15) is 33.1 Å². The van der Waals surface area contributed by atoms with E-state index in [9.17, 15) is 9.59 Å². The second kappa shape index (κ2) is 7.26. The summed E-state index contributed by atoms with van der Waals surface area (Å²) in [6.07, 6.45) is 0.696. The molecule has 2 atom stereocenters. The summed E-state index contributed by atoms with van der Waals surface area (Å²) >= 11 is 0. The van der Waals surface area contributed by atoms with E-state index in [2.05, 4.69) is 5.32 Å². The third-order valence-corrected chi connectivity index (χ3v) is 2.64. The van der Waals surface area contributed by atoms with Crippen molar-refractivity contribution in [3.8, 4) is 0 Å². The van der Waals surface area contributed by atoms with E-state index < -0.39 is 12.1 Å². The van der Waals surface area contributed by atoms with E-state index >= 15 is 0 Å². The number of hydrogen-bond donors (Lipinski definition) is 2. The fourth-order valence-electron chi connectivity index (χ4n) is 1.73. The van der Waals surface area contributed by atoms with Gasteiger partial charge in [0.05, 0.1) is 19.1 Å². The first-order valence-corrected chi connectivity index (χ1v) is 6.24. The molecule has 0 aromatic heterocycles. The molecule has 0 radical (unpaired) electrons. The summed E-state index contributed by atoms with van der Waals surface area (Å²) in [5.74, 6) is -0.643. The highest BCUT2D eigenvalue weighted by Gasteiger charge is 2.26. The standard InChI is InChI=1S/C11H20BNO5/c1-7(2)6-17-11(16)13-9-4-3-8(18-12-9)5-10(14)15/h7-9,12H,3-6H2,1-2H3,(H,13,16)(H,14,15)/t8-,9-/m0/s1. The van der Waals surface area contributed by atoms with Crippen LogP contribution in [0.3, 0.4) is 0 Å². The number of alkyl carbamates (subject to hydrolysis) is 1. The van der Waals surface area contributed by atoms with Gasteiger partial charge in [-0.15, -0.1) is 0 Å². The van der Waals surface area contributed by atoms with Crippen LogP contribution in [0, 0.1) is 5.92 Å². The van der Waals surface area contributed by atoms with Gasteiger partial charge in [0.15, 0.2) is 0 Å². The van der Waals surface area contributed by atoms with Crippen LogP contribution in [0.2, 0.25) is 0 Å². The van der Waals surface area contributed by atoms with E-state index in [1.54, 1.807) is 0 Å². The van der Waals surface area contributed by atoms with Crippen molar-refractivity contribution in [3.63, 3.8) is 0 Å². The number of amides is 1. The third kappa shape index (κ3) is 5.91. The lowest BCUT2D eigenvalue weighted by Gasteiger charge is -2.27. The van der Waals surface area contributed by atoms with Gasteiger partial charge in [-0.2, -0.15) is 0 Å². The number of carboxylic acid groups (broad SMARTS) is 1. The van der Waals surface area contributed by atoms with E-state index in [1.165, 1.54) is 0 Å². The van der Waals surface area contributed by atoms with Crippen molar-refractivity contribution in [1.29, 1.82) is 0 Å². The number of rotatable bonds is 5. The first kappa shape index (κ1) is 14.8. The Morgan fingerprint density at radius 2 is 2.22 bits per heavy atom. The zero-order valence-electron chi connectivity index (χ0n) is 10.8. The molecule has 0 aliphatic carbocycles. The van der Waals surface area contributed by atoms with Crippen molar-refractivity contribution in [2.24, 2.45) is 5.92 Å². The molecule has 0 bridgehead atoms. The number of hydrogen-bond acceptors (Lipinski definition) is 4. The summed E-state index contributed by atoms with van der Waals surface area (Å²) in [5.41, 5.74) is 0. The van der Waals surface area contributed by atoms with Gasteiger partial charge in [-0.3, -0.25) is 4.79 Å². The molecule has 0 saturated carbocycles. The number of nitrogens with one attached hydrogen (secondary N) is 1. The van der Waals surface area contributed by atoms with Crippen LogP contribution < -0.4 is 5.32 Å². The first-order valence-electron chi connectivity index (χ1n) is 6.24.